The molecule has 0 aliphatic carbocycles. The first-order valence-electron chi connectivity index (χ1n) is 4.74. The van der Waals surface area contributed by atoms with Crippen LogP contribution in [0.4, 0.5) is 5.13 Å². The Labute approximate surface area is 122 Å². The molecule has 0 fully saturated rings. The second-order valence-corrected chi connectivity index (χ2v) is 5.97. The molecule has 0 aliphatic rings. The van der Waals surface area contributed by atoms with Gasteiger partial charge in [0.15, 0.2) is 4.34 Å². The van der Waals surface area contributed by atoms with Crippen molar-refractivity contribution >= 4 is 57.3 Å². The molecular weight excluding hydrogens is 313 g/mol. The lowest BCUT2D eigenvalue weighted by Crippen LogP contribution is -2.12. The number of amides is 1. The predicted octanol–water partition coefficient (Wildman–Crippen LogP) is 3.82. The van der Waals surface area contributed by atoms with Crippen molar-refractivity contribution < 1.29 is 4.79 Å². The van der Waals surface area contributed by atoms with E-state index in [1.807, 2.05) is 6.26 Å². The molecule has 0 radical (unpaired) electrons. The Morgan fingerprint density at radius 2 is 2.00 bits per heavy atom. The first-order chi connectivity index (χ1) is 8.61. The third-order valence-electron chi connectivity index (χ3n) is 1.99. The van der Waals surface area contributed by atoms with Crippen LogP contribution in [0.1, 0.15) is 10.4 Å². The molecule has 18 heavy (non-hydrogen) atoms. The Morgan fingerprint density at radius 1 is 1.33 bits per heavy atom. The molecule has 0 atom stereocenters. The van der Waals surface area contributed by atoms with E-state index < -0.39 is 5.91 Å². The Morgan fingerprint density at radius 3 is 2.56 bits per heavy atom. The molecule has 2 rings (SSSR count). The highest BCUT2D eigenvalue weighted by Gasteiger charge is 2.16. The van der Waals surface area contributed by atoms with Gasteiger partial charge in [0, 0.05) is 0 Å². The van der Waals surface area contributed by atoms with Gasteiger partial charge >= 0.3 is 0 Å². The molecule has 0 spiro atoms. The Bertz CT molecular complexity index is 568. The van der Waals surface area contributed by atoms with E-state index in [0.29, 0.717) is 15.2 Å². The second-order valence-electron chi connectivity index (χ2n) is 3.13. The molecule has 1 aromatic heterocycles. The number of benzene rings is 1. The monoisotopic (exact) mass is 319 g/mol. The van der Waals surface area contributed by atoms with E-state index in [0.717, 1.165) is 4.34 Å². The quantitative estimate of drug-likeness (QED) is 0.690. The standard InChI is InChI=1S/C10H7Cl2N3OS2/c1-17-10-15-14-9(18-10)13-8(16)7-5(11)3-2-4-6(7)12/h2-4H,1H3,(H,13,14,16). The van der Waals surface area contributed by atoms with E-state index in [1.165, 1.54) is 23.1 Å². The highest BCUT2D eigenvalue weighted by atomic mass is 35.5. The summed E-state index contributed by atoms with van der Waals surface area (Å²) >= 11 is 14.6. The number of aromatic nitrogens is 2. The van der Waals surface area contributed by atoms with Crippen LogP contribution < -0.4 is 5.32 Å². The lowest BCUT2D eigenvalue weighted by molar-refractivity contribution is 0.102. The number of hydrogen-bond donors (Lipinski definition) is 1. The smallest absolute Gasteiger partial charge is 0.260 e. The van der Waals surface area contributed by atoms with Gasteiger partial charge in [0.05, 0.1) is 15.6 Å². The Kier molecular flexibility index (Phi) is 4.45. The molecule has 1 aromatic carbocycles. The summed E-state index contributed by atoms with van der Waals surface area (Å²) in [5, 5.41) is 11.4. The summed E-state index contributed by atoms with van der Waals surface area (Å²) in [6, 6.07) is 4.89. The Balaban J connectivity index is 2.22. The van der Waals surface area contributed by atoms with E-state index in [1.54, 1.807) is 18.2 Å². The summed E-state index contributed by atoms with van der Waals surface area (Å²) in [5.41, 5.74) is 0.238. The number of hydrogen-bond acceptors (Lipinski definition) is 5. The van der Waals surface area contributed by atoms with Gasteiger partial charge in [0.25, 0.3) is 5.91 Å². The largest absolute Gasteiger partial charge is 0.296 e. The normalized spacial score (nSPS) is 10.4. The van der Waals surface area contributed by atoms with Gasteiger partial charge in [-0.3, -0.25) is 10.1 Å². The van der Waals surface area contributed by atoms with Crippen LogP contribution >= 0.6 is 46.3 Å². The van der Waals surface area contributed by atoms with Gasteiger partial charge in [-0.25, -0.2) is 0 Å². The molecule has 1 N–H and O–H groups in total. The summed E-state index contributed by atoms with van der Waals surface area (Å²) in [7, 11) is 0. The van der Waals surface area contributed by atoms with Crippen LogP contribution in [0.5, 0.6) is 0 Å². The van der Waals surface area contributed by atoms with Crippen LogP contribution in [-0.4, -0.2) is 22.4 Å². The summed E-state index contributed by atoms with van der Waals surface area (Å²) in [6.45, 7) is 0. The van der Waals surface area contributed by atoms with E-state index in [9.17, 15) is 4.79 Å². The number of nitrogens with one attached hydrogen (secondary N) is 1. The zero-order valence-corrected chi connectivity index (χ0v) is 12.3. The van der Waals surface area contributed by atoms with Crippen molar-refractivity contribution in [1.29, 1.82) is 0 Å². The number of thioether (sulfide) groups is 1. The average Bonchev–Trinajstić information content (AvgIpc) is 2.76. The van der Waals surface area contributed by atoms with Crippen molar-refractivity contribution in [2.45, 2.75) is 4.34 Å². The molecule has 94 valence electrons. The Hall–Kier alpha value is -0.820. The zero-order valence-electron chi connectivity index (χ0n) is 9.11. The molecule has 4 nitrogen and oxygen atoms in total. The van der Waals surface area contributed by atoms with Gasteiger partial charge < -0.3 is 0 Å². The summed E-state index contributed by atoms with van der Waals surface area (Å²) < 4.78 is 0.774. The van der Waals surface area contributed by atoms with E-state index in [2.05, 4.69) is 15.5 Å². The lowest BCUT2D eigenvalue weighted by Gasteiger charge is -2.05. The molecule has 0 saturated carbocycles. The highest BCUT2D eigenvalue weighted by Crippen LogP contribution is 2.27. The number of nitrogens with zero attached hydrogens (tertiary/aromatic N) is 2. The van der Waals surface area contributed by atoms with E-state index >= 15 is 0 Å². The molecule has 0 saturated heterocycles. The summed E-state index contributed by atoms with van der Waals surface area (Å²) in [4.78, 5) is 12.0. The van der Waals surface area contributed by atoms with Crippen LogP contribution in [0.25, 0.3) is 0 Å². The zero-order chi connectivity index (χ0) is 13.1. The van der Waals surface area contributed by atoms with Crippen molar-refractivity contribution in [2.24, 2.45) is 0 Å². The maximum Gasteiger partial charge on any atom is 0.260 e. The first-order valence-corrected chi connectivity index (χ1v) is 7.54. The van der Waals surface area contributed by atoms with Crippen LogP contribution in [0.3, 0.4) is 0 Å². The highest BCUT2D eigenvalue weighted by molar-refractivity contribution is 8.00. The van der Waals surface area contributed by atoms with E-state index in [-0.39, 0.29) is 5.56 Å². The van der Waals surface area contributed by atoms with Gasteiger partial charge in [-0.05, 0) is 18.4 Å². The summed E-state index contributed by atoms with van der Waals surface area (Å²) in [5.74, 6) is -0.394. The average molecular weight is 320 g/mol. The minimum Gasteiger partial charge on any atom is -0.296 e. The minimum atomic E-state index is -0.394. The van der Waals surface area contributed by atoms with Gasteiger partial charge in [-0.2, -0.15) is 0 Å². The first kappa shape index (κ1) is 13.6. The third-order valence-corrected chi connectivity index (χ3v) is 4.44. The minimum absolute atomic E-state index is 0.238. The van der Waals surface area contributed by atoms with Crippen molar-refractivity contribution in [2.75, 3.05) is 11.6 Å². The van der Waals surface area contributed by atoms with Crippen molar-refractivity contribution in [1.82, 2.24) is 10.2 Å². The maximum absolute atomic E-state index is 12.0. The SMILES string of the molecule is CSc1nnc(NC(=O)c2c(Cl)cccc2Cl)s1. The molecule has 2 aromatic rings. The van der Waals surface area contributed by atoms with Gasteiger partial charge in [0.1, 0.15) is 0 Å². The number of anilines is 1. The van der Waals surface area contributed by atoms with Crippen LogP contribution in [0, 0.1) is 0 Å². The molecule has 0 unspecified atom stereocenters. The fraction of sp³-hybridized carbons (Fsp3) is 0.100. The molecule has 1 heterocycles. The third kappa shape index (κ3) is 2.95. The number of halogens is 2. The molecule has 8 heteroatoms. The van der Waals surface area contributed by atoms with Crippen molar-refractivity contribution in [3.05, 3.63) is 33.8 Å². The van der Waals surface area contributed by atoms with Crippen LogP contribution in [0.15, 0.2) is 22.5 Å². The predicted molar refractivity (Wildman–Crippen MR) is 76.1 cm³/mol. The molecular formula is C10H7Cl2N3OS2. The fourth-order valence-electron chi connectivity index (χ4n) is 1.22. The van der Waals surface area contributed by atoms with Gasteiger partial charge in [-0.1, -0.05) is 52.4 Å². The topological polar surface area (TPSA) is 54.9 Å². The van der Waals surface area contributed by atoms with E-state index in [4.69, 9.17) is 23.2 Å². The van der Waals surface area contributed by atoms with Crippen molar-refractivity contribution in [3.63, 3.8) is 0 Å². The lowest BCUT2D eigenvalue weighted by atomic mass is 10.2. The van der Waals surface area contributed by atoms with Crippen LogP contribution in [-0.2, 0) is 0 Å². The number of carbonyl (C=O) groups excluding carboxylic acids is 1. The molecule has 0 aliphatic heterocycles. The number of rotatable bonds is 3. The molecule has 1 amide bonds. The maximum atomic E-state index is 12.0. The van der Waals surface area contributed by atoms with Gasteiger partial charge in [0.2, 0.25) is 5.13 Å². The summed E-state index contributed by atoms with van der Waals surface area (Å²) in [6.07, 6.45) is 1.89. The van der Waals surface area contributed by atoms with Crippen LogP contribution in [0.2, 0.25) is 10.0 Å². The fourth-order valence-corrected chi connectivity index (χ4v) is 2.95. The molecule has 0 bridgehead atoms. The number of carbonyl (C=O) groups is 1. The second kappa shape index (κ2) is 5.88. The van der Waals surface area contributed by atoms with Gasteiger partial charge in [-0.15, -0.1) is 10.2 Å². The van der Waals surface area contributed by atoms with Crippen molar-refractivity contribution in [3.8, 4) is 0 Å².